The molecule has 1 aromatic carbocycles. The van der Waals surface area contributed by atoms with Crippen molar-refractivity contribution in [1.29, 1.82) is 0 Å². The van der Waals surface area contributed by atoms with Gasteiger partial charge in [-0.2, -0.15) is 4.57 Å². The molecule has 1 aliphatic heterocycles. The number of rotatable bonds is 5. The van der Waals surface area contributed by atoms with Gasteiger partial charge >= 0.3 is 0 Å². The maximum absolute atomic E-state index is 2.58. The molecule has 0 saturated heterocycles. The van der Waals surface area contributed by atoms with E-state index in [1.807, 2.05) is 0 Å². The van der Waals surface area contributed by atoms with E-state index in [2.05, 4.69) is 94.0 Å². The fraction of sp³-hybridized carbons (Fsp3) is 0.414. The molecule has 1 nitrogen and oxygen atoms in total. The Labute approximate surface area is 182 Å². The third kappa shape index (κ3) is 3.39. The largest absolute Gasteiger partial charge is 0.221 e. The summed E-state index contributed by atoms with van der Waals surface area (Å²) in [6, 6.07) is 9.30. The van der Waals surface area contributed by atoms with Crippen LogP contribution in [0.5, 0.6) is 0 Å². The first-order valence-corrected chi connectivity index (χ1v) is 11.8. The molecule has 1 aromatic heterocycles. The van der Waals surface area contributed by atoms with Crippen molar-refractivity contribution >= 4 is 16.3 Å². The number of aromatic nitrogens is 1. The van der Waals surface area contributed by atoms with E-state index in [9.17, 15) is 0 Å². The summed E-state index contributed by atoms with van der Waals surface area (Å²) in [5.74, 6) is 0. The smallest absolute Gasteiger partial charge is 0.189 e. The highest BCUT2D eigenvalue weighted by molar-refractivity contribution is 5.97. The van der Waals surface area contributed by atoms with Crippen LogP contribution in [0.2, 0.25) is 0 Å². The summed E-state index contributed by atoms with van der Waals surface area (Å²) < 4.78 is 2.58. The second-order valence-electron chi connectivity index (χ2n) is 9.05. The molecular weight excluding hydrogens is 362 g/mol. The maximum atomic E-state index is 2.58. The molecule has 1 heteroatoms. The van der Waals surface area contributed by atoms with Gasteiger partial charge in [0.15, 0.2) is 11.7 Å². The van der Waals surface area contributed by atoms with Gasteiger partial charge in [-0.25, -0.2) is 0 Å². The molecule has 0 unspecified atom stereocenters. The molecule has 0 amide bonds. The van der Waals surface area contributed by atoms with Gasteiger partial charge in [0.25, 0.3) is 0 Å². The molecule has 0 bridgehead atoms. The van der Waals surface area contributed by atoms with Crippen LogP contribution in [-0.2, 0) is 12.0 Å². The van der Waals surface area contributed by atoms with Gasteiger partial charge in [0, 0.05) is 18.9 Å². The summed E-state index contributed by atoms with van der Waals surface area (Å²) in [7, 11) is 0. The Morgan fingerprint density at radius 2 is 1.80 bits per heavy atom. The van der Waals surface area contributed by atoms with E-state index in [0.29, 0.717) is 0 Å². The van der Waals surface area contributed by atoms with Crippen LogP contribution >= 0.6 is 0 Å². The number of pyridine rings is 1. The number of aryl methyl sites for hydroxylation is 1. The average Bonchev–Trinajstić information content (AvgIpc) is 2.99. The molecule has 30 heavy (non-hydrogen) atoms. The molecule has 2 aromatic rings. The van der Waals surface area contributed by atoms with Gasteiger partial charge in [-0.3, -0.25) is 0 Å². The van der Waals surface area contributed by atoms with Gasteiger partial charge in [-0.15, -0.1) is 0 Å². The molecule has 2 aliphatic rings. The number of allylic oxidation sites excluding steroid dienone is 8. The first-order valence-electron chi connectivity index (χ1n) is 11.8. The number of benzene rings is 1. The molecule has 2 heterocycles. The van der Waals surface area contributed by atoms with Gasteiger partial charge in [0.1, 0.15) is 0 Å². The van der Waals surface area contributed by atoms with Crippen LogP contribution < -0.4 is 4.57 Å². The molecule has 0 atom stereocenters. The minimum Gasteiger partial charge on any atom is -0.189 e. The summed E-state index contributed by atoms with van der Waals surface area (Å²) in [4.78, 5) is 0. The molecule has 0 fully saturated rings. The highest BCUT2D eigenvalue weighted by Gasteiger charge is 2.40. The topological polar surface area (TPSA) is 3.88 Å². The van der Waals surface area contributed by atoms with Crippen LogP contribution in [0, 0.1) is 0 Å². The first-order chi connectivity index (χ1) is 14.5. The fourth-order valence-electron chi connectivity index (χ4n) is 5.09. The molecule has 0 radical (unpaired) electrons. The van der Waals surface area contributed by atoms with Crippen molar-refractivity contribution in [3.8, 4) is 0 Å². The van der Waals surface area contributed by atoms with Crippen molar-refractivity contribution in [3.63, 3.8) is 0 Å². The van der Waals surface area contributed by atoms with Crippen LogP contribution in [0.3, 0.4) is 0 Å². The van der Waals surface area contributed by atoms with Gasteiger partial charge in [-0.1, -0.05) is 68.7 Å². The lowest BCUT2D eigenvalue weighted by Gasteiger charge is -2.24. The van der Waals surface area contributed by atoms with Gasteiger partial charge < -0.3 is 0 Å². The third-order valence-corrected chi connectivity index (χ3v) is 7.38. The van der Waals surface area contributed by atoms with Crippen molar-refractivity contribution in [2.24, 2.45) is 0 Å². The Bertz CT molecular complexity index is 1090. The van der Waals surface area contributed by atoms with Crippen molar-refractivity contribution < 1.29 is 4.57 Å². The number of hydrogen-bond acceptors (Lipinski definition) is 0. The van der Waals surface area contributed by atoms with Crippen LogP contribution in [0.25, 0.3) is 16.3 Å². The highest BCUT2D eigenvalue weighted by atomic mass is 15.1. The molecule has 156 valence electrons. The quantitative estimate of drug-likeness (QED) is 0.456. The minimum atomic E-state index is 0.0173. The van der Waals surface area contributed by atoms with Crippen LogP contribution in [0.1, 0.15) is 78.0 Å². The van der Waals surface area contributed by atoms with E-state index in [-0.39, 0.29) is 5.54 Å². The minimum absolute atomic E-state index is 0.0173. The summed E-state index contributed by atoms with van der Waals surface area (Å²) in [6.45, 7) is 11.4. The summed E-state index contributed by atoms with van der Waals surface area (Å²) >= 11 is 0. The van der Waals surface area contributed by atoms with Crippen molar-refractivity contribution in [2.45, 2.75) is 78.7 Å². The first kappa shape index (κ1) is 20.8. The Morgan fingerprint density at radius 1 is 1.00 bits per heavy atom. The fourth-order valence-corrected chi connectivity index (χ4v) is 5.09. The Kier molecular flexibility index (Phi) is 5.82. The van der Waals surface area contributed by atoms with Gasteiger partial charge in [0.2, 0.25) is 5.69 Å². The molecular formula is C29H36N+. The predicted molar refractivity (Wildman–Crippen MR) is 130 cm³/mol. The summed E-state index contributed by atoms with van der Waals surface area (Å²) in [5.41, 5.74) is 8.51. The Hall–Kier alpha value is -2.41. The van der Waals surface area contributed by atoms with Crippen LogP contribution in [0.4, 0.5) is 0 Å². The monoisotopic (exact) mass is 398 g/mol. The lowest BCUT2D eigenvalue weighted by molar-refractivity contribution is -0.754. The second-order valence-corrected chi connectivity index (χ2v) is 9.05. The van der Waals surface area contributed by atoms with E-state index >= 15 is 0 Å². The average molecular weight is 399 g/mol. The number of fused-ring (bicyclic) bond motifs is 5. The van der Waals surface area contributed by atoms with Crippen LogP contribution in [0.15, 0.2) is 71.5 Å². The van der Waals surface area contributed by atoms with Gasteiger partial charge in [-0.05, 0) is 61.8 Å². The van der Waals surface area contributed by atoms with Gasteiger partial charge in [0.05, 0.1) is 11.0 Å². The summed E-state index contributed by atoms with van der Waals surface area (Å²) in [6.07, 6.45) is 18.9. The number of hydrogen-bond donors (Lipinski definition) is 0. The van der Waals surface area contributed by atoms with E-state index in [4.69, 9.17) is 0 Å². The normalized spacial score (nSPS) is 17.8. The third-order valence-electron chi connectivity index (χ3n) is 7.38. The SMILES string of the molecule is CCCCc1cccc2c3[n+](ccc12)C(CC)(CC)C=CC1=CC(C)=C(C)CC=C13. The molecule has 4 rings (SSSR count). The van der Waals surface area contributed by atoms with E-state index in [1.54, 1.807) is 0 Å². The van der Waals surface area contributed by atoms with E-state index in [1.165, 1.54) is 57.2 Å². The number of nitrogens with zero attached hydrogens (tertiary/aromatic N) is 1. The summed E-state index contributed by atoms with van der Waals surface area (Å²) in [5, 5.41) is 2.82. The molecule has 0 N–H and O–H groups in total. The zero-order valence-corrected chi connectivity index (χ0v) is 19.4. The molecule has 0 spiro atoms. The Balaban J connectivity index is 2.07. The zero-order chi connectivity index (χ0) is 21.3. The second kappa shape index (κ2) is 8.38. The van der Waals surface area contributed by atoms with E-state index < -0.39 is 0 Å². The predicted octanol–water partition coefficient (Wildman–Crippen LogP) is 7.60. The lowest BCUT2D eigenvalue weighted by atomic mass is 9.90. The Morgan fingerprint density at radius 3 is 2.53 bits per heavy atom. The van der Waals surface area contributed by atoms with Crippen molar-refractivity contribution in [3.05, 3.63) is 82.7 Å². The van der Waals surface area contributed by atoms with Crippen molar-refractivity contribution in [1.82, 2.24) is 0 Å². The van der Waals surface area contributed by atoms with Crippen LogP contribution in [-0.4, -0.2) is 0 Å². The maximum Gasteiger partial charge on any atom is 0.221 e. The molecule has 0 saturated carbocycles. The van der Waals surface area contributed by atoms with Crippen molar-refractivity contribution in [2.75, 3.05) is 0 Å². The number of unbranched alkanes of at least 4 members (excludes halogenated alkanes) is 1. The standard InChI is InChI=1S/C29H36N/c1-6-9-11-23-12-10-13-27-25(23)17-19-30-28(27)26-15-14-21(4)22(5)20-24(26)16-18-29(30,7-2)8-3/h10,12-13,15-20H,6-9,11,14H2,1-5H3/q+1. The lowest BCUT2D eigenvalue weighted by Crippen LogP contribution is -2.56. The van der Waals surface area contributed by atoms with E-state index in [0.717, 1.165) is 25.7 Å². The highest BCUT2D eigenvalue weighted by Crippen LogP contribution is 2.38. The zero-order valence-electron chi connectivity index (χ0n) is 19.4. The molecule has 1 aliphatic carbocycles.